The van der Waals surface area contributed by atoms with Crippen molar-refractivity contribution in [3.05, 3.63) is 58.1 Å². The van der Waals surface area contributed by atoms with Gasteiger partial charge in [-0.15, -0.1) is 0 Å². The van der Waals surface area contributed by atoms with E-state index in [0.717, 1.165) is 11.1 Å². The average molecular weight is 327 g/mol. The van der Waals surface area contributed by atoms with Gasteiger partial charge >= 0.3 is 0 Å². The first kappa shape index (κ1) is 15.4. The Hall–Kier alpha value is -2.47. The Balaban J connectivity index is 1.53. The van der Waals surface area contributed by atoms with Crippen LogP contribution in [0.3, 0.4) is 0 Å². The first-order chi connectivity index (χ1) is 11.2. The van der Waals surface area contributed by atoms with Gasteiger partial charge in [0.15, 0.2) is 6.61 Å². The van der Waals surface area contributed by atoms with Crippen LogP contribution in [0, 0.1) is 0 Å². The Bertz CT molecular complexity index is 762. The van der Waals surface area contributed by atoms with Crippen molar-refractivity contribution in [2.45, 2.75) is 26.4 Å². The Morgan fingerprint density at radius 1 is 1.26 bits per heavy atom. The summed E-state index contributed by atoms with van der Waals surface area (Å²) in [6.07, 6.45) is 1.67. The monoisotopic (exact) mass is 327 g/mol. The molecule has 0 spiro atoms. The third-order valence-corrected chi connectivity index (χ3v) is 4.00. The van der Waals surface area contributed by atoms with E-state index < -0.39 is 0 Å². The van der Waals surface area contributed by atoms with Gasteiger partial charge in [-0.25, -0.2) is 0 Å². The summed E-state index contributed by atoms with van der Waals surface area (Å²) in [4.78, 5) is 9.47. The molecule has 0 N–H and O–H groups in total. The third-order valence-electron chi connectivity index (χ3n) is 3.31. The quantitative estimate of drug-likeness (QED) is 0.495. The van der Waals surface area contributed by atoms with Crippen LogP contribution in [0.1, 0.15) is 36.8 Å². The summed E-state index contributed by atoms with van der Waals surface area (Å²) in [7, 11) is 0. The van der Waals surface area contributed by atoms with Crippen LogP contribution in [-0.4, -0.2) is 16.4 Å². The number of thiophene rings is 1. The normalized spacial score (nSPS) is 11.4. The molecule has 5 nitrogen and oxygen atoms in total. The van der Waals surface area contributed by atoms with Crippen molar-refractivity contribution in [3.8, 4) is 11.4 Å². The van der Waals surface area contributed by atoms with Gasteiger partial charge in [-0.05, 0) is 28.5 Å². The standard InChI is InChI=1S/C17H17N3O2S/c1-12(2)14-5-3-13(4-6-14)9-18-21-10-16-19-17(20-22-16)15-7-8-23-11-15/h3-9,11-12H,10H2,1-2H3/b18-9-. The molecule has 0 aliphatic heterocycles. The maximum absolute atomic E-state index is 5.21. The minimum atomic E-state index is 0.151. The molecule has 6 heteroatoms. The predicted octanol–water partition coefficient (Wildman–Crippen LogP) is 4.47. The summed E-state index contributed by atoms with van der Waals surface area (Å²) in [5.41, 5.74) is 3.23. The minimum Gasteiger partial charge on any atom is -0.386 e. The second kappa shape index (κ2) is 7.19. The largest absolute Gasteiger partial charge is 0.386 e. The van der Waals surface area contributed by atoms with E-state index in [1.807, 2.05) is 29.0 Å². The fourth-order valence-corrected chi connectivity index (χ4v) is 2.61. The van der Waals surface area contributed by atoms with Crippen LogP contribution in [0.15, 0.2) is 50.8 Å². The van der Waals surface area contributed by atoms with E-state index in [0.29, 0.717) is 17.6 Å². The molecule has 0 radical (unpaired) electrons. The fourth-order valence-electron chi connectivity index (χ4n) is 1.98. The van der Waals surface area contributed by atoms with Crippen LogP contribution >= 0.6 is 11.3 Å². The Kier molecular flexibility index (Phi) is 4.83. The van der Waals surface area contributed by atoms with Crippen LogP contribution in [0.25, 0.3) is 11.4 Å². The van der Waals surface area contributed by atoms with Gasteiger partial charge in [-0.2, -0.15) is 16.3 Å². The highest BCUT2D eigenvalue weighted by atomic mass is 32.1. The van der Waals surface area contributed by atoms with Gasteiger partial charge in [0.2, 0.25) is 5.82 Å². The predicted molar refractivity (Wildman–Crippen MR) is 90.5 cm³/mol. The minimum absolute atomic E-state index is 0.151. The van der Waals surface area contributed by atoms with Gasteiger partial charge in [0.25, 0.3) is 5.89 Å². The third kappa shape index (κ3) is 4.04. The zero-order valence-electron chi connectivity index (χ0n) is 13.0. The molecule has 2 aromatic heterocycles. The van der Waals surface area contributed by atoms with Crippen molar-refractivity contribution in [3.63, 3.8) is 0 Å². The van der Waals surface area contributed by atoms with Gasteiger partial charge in [-0.3, -0.25) is 0 Å². The molecule has 3 rings (SSSR count). The summed E-state index contributed by atoms with van der Waals surface area (Å²) >= 11 is 1.59. The summed E-state index contributed by atoms with van der Waals surface area (Å²) in [5, 5.41) is 11.8. The molecule has 0 saturated carbocycles. The molecule has 118 valence electrons. The lowest BCUT2D eigenvalue weighted by Gasteiger charge is -2.04. The number of benzene rings is 1. The molecule has 0 bridgehead atoms. The highest BCUT2D eigenvalue weighted by molar-refractivity contribution is 7.08. The van der Waals surface area contributed by atoms with Crippen LogP contribution in [-0.2, 0) is 11.4 Å². The molecule has 0 aliphatic carbocycles. The second-order valence-corrected chi connectivity index (χ2v) is 6.13. The summed E-state index contributed by atoms with van der Waals surface area (Å²) in [6, 6.07) is 10.2. The number of hydrogen-bond acceptors (Lipinski definition) is 6. The van der Waals surface area contributed by atoms with Crippen LogP contribution < -0.4 is 0 Å². The second-order valence-electron chi connectivity index (χ2n) is 5.35. The smallest absolute Gasteiger partial charge is 0.267 e. The van der Waals surface area contributed by atoms with E-state index in [9.17, 15) is 0 Å². The lowest BCUT2D eigenvalue weighted by atomic mass is 10.0. The van der Waals surface area contributed by atoms with Crippen molar-refractivity contribution < 1.29 is 9.36 Å². The molecule has 0 saturated heterocycles. The van der Waals surface area contributed by atoms with Crippen molar-refractivity contribution in [1.82, 2.24) is 10.1 Å². The average Bonchev–Trinajstić information content (AvgIpc) is 3.23. The fraction of sp³-hybridized carbons (Fsp3) is 0.235. The topological polar surface area (TPSA) is 60.5 Å². The van der Waals surface area contributed by atoms with Gasteiger partial charge in [0, 0.05) is 10.9 Å². The van der Waals surface area contributed by atoms with Crippen LogP contribution in [0.2, 0.25) is 0 Å². The van der Waals surface area contributed by atoms with E-state index in [4.69, 9.17) is 9.36 Å². The molecule has 0 fully saturated rings. The first-order valence-electron chi connectivity index (χ1n) is 7.33. The molecule has 0 atom stereocenters. The molecule has 1 aromatic carbocycles. The summed E-state index contributed by atoms with van der Waals surface area (Å²) in [6.45, 7) is 4.49. The number of aromatic nitrogens is 2. The van der Waals surface area contributed by atoms with Crippen molar-refractivity contribution >= 4 is 17.6 Å². The maximum Gasteiger partial charge on any atom is 0.267 e. The number of hydrogen-bond donors (Lipinski definition) is 0. The maximum atomic E-state index is 5.21. The molecular formula is C17H17N3O2S. The Labute approximate surface area is 138 Å². The lowest BCUT2D eigenvalue weighted by molar-refractivity contribution is 0.107. The molecule has 3 aromatic rings. The SMILES string of the molecule is CC(C)c1ccc(/C=N\OCc2nc(-c3ccsc3)no2)cc1. The zero-order valence-corrected chi connectivity index (χ0v) is 13.8. The van der Waals surface area contributed by atoms with E-state index in [1.165, 1.54) is 5.56 Å². The Morgan fingerprint density at radius 3 is 2.78 bits per heavy atom. The van der Waals surface area contributed by atoms with Gasteiger partial charge < -0.3 is 9.36 Å². The summed E-state index contributed by atoms with van der Waals surface area (Å²) < 4.78 is 5.13. The van der Waals surface area contributed by atoms with E-state index >= 15 is 0 Å². The summed E-state index contributed by atoms with van der Waals surface area (Å²) in [5.74, 6) is 1.49. The Morgan fingerprint density at radius 2 is 2.09 bits per heavy atom. The van der Waals surface area contributed by atoms with Gasteiger partial charge in [0.05, 0.1) is 6.21 Å². The molecule has 0 aliphatic rings. The molecular weight excluding hydrogens is 310 g/mol. The van der Waals surface area contributed by atoms with Crippen LogP contribution in [0.5, 0.6) is 0 Å². The van der Waals surface area contributed by atoms with Crippen molar-refractivity contribution in [1.29, 1.82) is 0 Å². The molecule has 2 heterocycles. The number of oxime groups is 1. The van der Waals surface area contributed by atoms with E-state index in [2.05, 4.69) is 41.3 Å². The molecule has 23 heavy (non-hydrogen) atoms. The zero-order chi connectivity index (χ0) is 16.1. The highest BCUT2D eigenvalue weighted by Crippen LogP contribution is 2.18. The van der Waals surface area contributed by atoms with E-state index in [-0.39, 0.29) is 6.61 Å². The van der Waals surface area contributed by atoms with Crippen molar-refractivity contribution in [2.75, 3.05) is 0 Å². The highest BCUT2D eigenvalue weighted by Gasteiger charge is 2.08. The molecule has 0 amide bonds. The molecule has 0 unspecified atom stereocenters. The first-order valence-corrected chi connectivity index (χ1v) is 8.27. The van der Waals surface area contributed by atoms with Crippen LogP contribution in [0.4, 0.5) is 0 Å². The lowest BCUT2D eigenvalue weighted by Crippen LogP contribution is -1.90. The van der Waals surface area contributed by atoms with E-state index in [1.54, 1.807) is 17.6 Å². The number of rotatable bonds is 6. The number of nitrogens with zero attached hydrogens (tertiary/aromatic N) is 3. The van der Waals surface area contributed by atoms with Gasteiger partial charge in [0.1, 0.15) is 0 Å². The van der Waals surface area contributed by atoms with Crippen molar-refractivity contribution in [2.24, 2.45) is 5.16 Å². The van der Waals surface area contributed by atoms with Gasteiger partial charge in [-0.1, -0.05) is 48.4 Å².